The molecule has 7 heteroatoms. The second kappa shape index (κ2) is 7.15. The molecule has 2 N–H and O–H groups in total. The van der Waals surface area contributed by atoms with Crippen molar-refractivity contribution in [2.75, 3.05) is 18.4 Å². The third-order valence-corrected chi connectivity index (χ3v) is 5.33. The standard InChI is InChI=1S/C22H18FN5O/c23-17-10-16(14-5-7-25-8-6-14)11-19-21(17)29-22(27-19)28-20-4-2-15-9-13(12-24)1-3-18(15)26-20/h1-4,9-11,14,25H,5-8H2,(H,26,27,28). The summed E-state index contributed by atoms with van der Waals surface area (Å²) in [6.07, 6.45) is 1.98. The van der Waals surface area contributed by atoms with Gasteiger partial charge in [0.1, 0.15) is 11.3 Å². The lowest BCUT2D eigenvalue weighted by Gasteiger charge is -2.22. The van der Waals surface area contributed by atoms with Crippen LogP contribution < -0.4 is 10.6 Å². The lowest BCUT2D eigenvalue weighted by atomic mass is 9.90. The average Bonchev–Trinajstić information content (AvgIpc) is 3.17. The van der Waals surface area contributed by atoms with Gasteiger partial charge in [0, 0.05) is 5.39 Å². The number of oxazole rings is 1. The second-order valence-electron chi connectivity index (χ2n) is 7.24. The molecule has 0 atom stereocenters. The molecule has 0 spiro atoms. The maximum atomic E-state index is 14.6. The van der Waals surface area contributed by atoms with E-state index in [-0.39, 0.29) is 11.6 Å². The fraction of sp³-hybridized carbons (Fsp3) is 0.227. The van der Waals surface area contributed by atoms with E-state index in [4.69, 9.17) is 9.68 Å². The molecule has 0 bridgehead atoms. The first-order chi connectivity index (χ1) is 14.2. The first kappa shape index (κ1) is 17.6. The molecule has 5 rings (SSSR count). The molecule has 0 amide bonds. The van der Waals surface area contributed by atoms with Crippen LogP contribution in [-0.4, -0.2) is 23.1 Å². The van der Waals surface area contributed by atoms with E-state index in [1.165, 1.54) is 0 Å². The number of benzene rings is 2. The minimum absolute atomic E-state index is 0.143. The Morgan fingerprint density at radius 2 is 1.93 bits per heavy atom. The Morgan fingerprint density at radius 1 is 1.07 bits per heavy atom. The van der Waals surface area contributed by atoms with Gasteiger partial charge < -0.3 is 9.73 Å². The summed E-state index contributed by atoms with van der Waals surface area (Å²) < 4.78 is 20.2. The summed E-state index contributed by atoms with van der Waals surface area (Å²) in [6.45, 7) is 1.89. The summed E-state index contributed by atoms with van der Waals surface area (Å²) in [7, 11) is 0. The van der Waals surface area contributed by atoms with Crippen molar-refractivity contribution in [1.82, 2.24) is 15.3 Å². The van der Waals surface area contributed by atoms with Gasteiger partial charge in [-0.25, -0.2) is 9.37 Å². The molecule has 1 aliphatic heterocycles. The first-order valence-electron chi connectivity index (χ1n) is 9.58. The normalized spacial score (nSPS) is 14.9. The molecular formula is C22H18FN5O. The number of hydrogen-bond acceptors (Lipinski definition) is 6. The van der Waals surface area contributed by atoms with E-state index < -0.39 is 5.82 Å². The summed E-state index contributed by atoms with van der Waals surface area (Å²) in [5.74, 6) is 0.476. The van der Waals surface area contributed by atoms with Gasteiger partial charge in [-0.2, -0.15) is 10.2 Å². The average molecular weight is 387 g/mol. The lowest BCUT2D eigenvalue weighted by molar-refractivity contribution is 0.458. The molecule has 144 valence electrons. The largest absolute Gasteiger partial charge is 0.420 e. The van der Waals surface area contributed by atoms with Crippen LogP contribution in [0.15, 0.2) is 46.9 Å². The van der Waals surface area contributed by atoms with Crippen molar-refractivity contribution in [1.29, 1.82) is 5.26 Å². The molecule has 1 saturated heterocycles. The van der Waals surface area contributed by atoms with Crippen LogP contribution in [0.25, 0.3) is 22.0 Å². The monoisotopic (exact) mass is 387 g/mol. The molecule has 3 heterocycles. The zero-order valence-electron chi connectivity index (χ0n) is 15.6. The second-order valence-corrected chi connectivity index (χ2v) is 7.24. The minimum atomic E-state index is -0.396. The van der Waals surface area contributed by atoms with E-state index in [0.717, 1.165) is 42.4 Å². The Kier molecular flexibility index (Phi) is 4.34. The third kappa shape index (κ3) is 3.39. The molecule has 1 aliphatic rings. The van der Waals surface area contributed by atoms with Crippen molar-refractivity contribution in [3.63, 3.8) is 0 Å². The Balaban J connectivity index is 1.45. The number of hydrogen-bond donors (Lipinski definition) is 2. The molecule has 4 aromatic rings. The van der Waals surface area contributed by atoms with E-state index in [0.29, 0.717) is 22.8 Å². The maximum Gasteiger partial charge on any atom is 0.301 e. The van der Waals surface area contributed by atoms with E-state index in [2.05, 4.69) is 26.7 Å². The first-order valence-corrected chi connectivity index (χ1v) is 9.58. The number of nitrogens with zero attached hydrogens (tertiary/aromatic N) is 3. The zero-order valence-corrected chi connectivity index (χ0v) is 15.6. The van der Waals surface area contributed by atoms with Gasteiger partial charge in [0.15, 0.2) is 11.4 Å². The Labute approximate surface area is 166 Å². The van der Waals surface area contributed by atoms with Crippen LogP contribution in [-0.2, 0) is 0 Å². The van der Waals surface area contributed by atoms with Crippen molar-refractivity contribution in [3.05, 3.63) is 59.4 Å². The Hall–Kier alpha value is -3.50. The van der Waals surface area contributed by atoms with Crippen molar-refractivity contribution in [3.8, 4) is 6.07 Å². The molecule has 1 fully saturated rings. The smallest absolute Gasteiger partial charge is 0.301 e. The van der Waals surface area contributed by atoms with E-state index in [1.807, 2.05) is 12.1 Å². The van der Waals surface area contributed by atoms with E-state index in [1.54, 1.807) is 30.3 Å². The van der Waals surface area contributed by atoms with Crippen molar-refractivity contribution >= 4 is 33.8 Å². The number of aromatic nitrogens is 2. The molecule has 0 radical (unpaired) electrons. The number of nitrogens with one attached hydrogen (secondary N) is 2. The van der Waals surface area contributed by atoms with Crippen LogP contribution in [0.5, 0.6) is 0 Å². The van der Waals surface area contributed by atoms with Gasteiger partial charge in [-0.3, -0.25) is 5.32 Å². The van der Waals surface area contributed by atoms with Gasteiger partial charge in [-0.1, -0.05) is 0 Å². The van der Waals surface area contributed by atoms with Gasteiger partial charge in [-0.05, 0) is 79.9 Å². The SMILES string of the molecule is N#Cc1ccc2nc(Nc3nc4cc(C5CCNCC5)cc(F)c4o3)ccc2c1. The number of rotatable bonds is 3. The molecular weight excluding hydrogens is 369 g/mol. The highest BCUT2D eigenvalue weighted by Gasteiger charge is 2.19. The van der Waals surface area contributed by atoms with Gasteiger partial charge in [0.25, 0.3) is 0 Å². The van der Waals surface area contributed by atoms with Crippen LogP contribution in [0.2, 0.25) is 0 Å². The molecule has 6 nitrogen and oxygen atoms in total. The van der Waals surface area contributed by atoms with Gasteiger partial charge in [-0.15, -0.1) is 0 Å². The lowest BCUT2D eigenvalue weighted by Crippen LogP contribution is -2.26. The Bertz CT molecular complexity index is 1250. The highest BCUT2D eigenvalue weighted by molar-refractivity contribution is 5.82. The number of nitriles is 1. The van der Waals surface area contributed by atoms with Crippen molar-refractivity contribution < 1.29 is 8.81 Å². The summed E-state index contributed by atoms with van der Waals surface area (Å²) in [4.78, 5) is 8.92. The number of anilines is 2. The molecule has 29 heavy (non-hydrogen) atoms. The van der Waals surface area contributed by atoms with Gasteiger partial charge in [0.2, 0.25) is 0 Å². The van der Waals surface area contributed by atoms with E-state index in [9.17, 15) is 4.39 Å². The fourth-order valence-electron chi connectivity index (χ4n) is 3.83. The minimum Gasteiger partial charge on any atom is -0.420 e. The molecule has 2 aromatic carbocycles. The molecule has 0 aliphatic carbocycles. The highest BCUT2D eigenvalue weighted by atomic mass is 19.1. The van der Waals surface area contributed by atoms with Gasteiger partial charge in [0.05, 0.1) is 17.1 Å². The zero-order chi connectivity index (χ0) is 19.8. The highest BCUT2D eigenvalue weighted by Crippen LogP contribution is 2.31. The summed E-state index contributed by atoms with van der Waals surface area (Å²) >= 11 is 0. The van der Waals surface area contributed by atoms with Crippen LogP contribution in [0.4, 0.5) is 16.2 Å². The molecule has 0 unspecified atom stereocenters. The van der Waals surface area contributed by atoms with Crippen LogP contribution in [0, 0.1) is 17.1 Å². The number of fused-ring (bicyclic) bond motifs is 2. The predicted molar refractivity (Wildman–Crippen MR) is 109 cm³/mol. The quantitative estimate of drug-likeness (QED) is 0.534. The van der Waals surface area contributed by atoms with Crippen LogP contribution >= 0.6 is 0 Å². The third-order valence-electron chi connectivity index (χ3n) is 5.33. The van der Waals surface area contributed by atoms with Crippen molar-refractivity contribution in [2.24, 2.45) is 0 Å². The number of halogens is 1. The van der Waals surface area contributed by atoms with Crippen LogP contribution in [0.3, 0.4) is 0 Å². The van der Waals surface area contributed by atoms with Crippen LogP contribution in [0.1, 0.15) is 29.9 Å². The topological polar surface area (TPSA) is 86.8 Å². The summed E-state index contributed by atoms with van der Waals surface area (Å²) in [5, 5.41) is 16.2. The maximum absolute atomic E-state index is 14.6. The van der Waals surface area contributed by atoms with Crippen molar-refractivity contribution in [2.45, 2.75) is 18.8 Å². The van der Waals surface area contributed by atoms with E-state index >= 15 is 0 Å². The molecule has 2 aromatic heterocycles. The predicted octanol–water partition coefficient (Wildman–Crippen LogP) is 4.60. The summed E-state index contributed by atoms with van der Waals surface area (Å²) in [5.41, 5.74) is 2.93. The number of pyridine rings is 1. The summed E-state index contributed by atoms with van der Waals surface area (Å²) in [6, 6.07) is 14.7. The Morgan fingerprint density at radius 3 is 2.76 bits per heavy atom. The number of piperidine rings is 1. The molecule has 0 saturated carbocycles. The van der Waals surface area contributed by atoms with Gasteiger partial charge >= 0.3 is 6.01 Å². The fourth-order valence-corrected chi connectivity index (χ4v) is 3.83.